The van der Waals surface area contributed by atoms with E-state index in [0.717, 1.165) is 25.8 Å². The van der Waals surface area contributed by atoms with Gasteiger partial charge in [-0.3, -0.25) is 19.9 Å². The number of aromatic nitrogens is 11. The van der Waals surface area contributed by atoms with Crippen LogP contribution in [-0.2, 0) is 0 Å². The van der Waals surface area contributed by atoms with E-state index >= 15 is 0 Å². The molecule has 0 atom stereocenters. The van der Waals surface area contributed by atoms with Gasteiger partial charge in [0, 0.05) is 79.2 Å². The van der Waals surface area contributed by atoms with Crippen LogP contribution in [0.4, 0.5) is 0 Å². The molecule has 0 bridgehead atoms. The van der Waals surface area contributed by atoms with Crippen molar-refractivity contribution in [3.63, 3.8) is 0 Å². The van der Waals surface area contributed by atoms with Gasteiger partial charge in [-0.2, -0.15) is 42.0 Å². The number of dihydropyridines is 1. The first-order valence-corrected chi connectivity index (χ1v) is 25.5. The number of oxazole rings is 1. The summed E-state index contributed by atoms with van der Waals surface area (Å²) in [5.41, 5.74) is 1.74. The molecule has 18 nitrogen and oxygen atoms in total. The molecule has 394 valence electrons. The van der Waals surface area contributed by atoms with Crippen molar-refractivity contribution in [2.24, 2.45) is 10.2 Å². The molecule has 0 fully saturated rings. The third kappa shape index (κ3) is 57.0. The average Bonchev–Trinajstić information content (AvgIpc) is 4.35. The molecule has 0 amide bonds. The Morgan fingerprint density at radius 2 is 1.22 bits per heavy atom. The van der Waals surface area contributed by atoms with Gasteiger partial charge in [-0.05, 0) is 102 Å². The van der Waals surface area contributed by atoms with E-state index < -0.39 is 0 Å². The summed E-state index contributed by atoms with van der Waals surface area (Å²) in [6, 6.07) is 35.8. The Morgan fingerprint density at radius 3 is 1.42 bits per heavy atom. The number of thiazole rings is 1. The smallest absolute Gasteiger partial charge is 0.247 e. The van der Waals surface area contributed by atoms with E-state index in [-0.39, 0.29) is 5.56 Å². The molecule has 3 aliphatic rings. The minimum atomic E-state index is -0.0532. The van der Waals surface area contributed by atoms with E-state index in [9.17, 15) is 4.79 Å². The molecule has 4 N–H and O–H groups in total. The quantitative estimate of drug-likeness (QED) is 0.111. The van der Waals surface area contributed by atoms with Crippen molar-refractivity contribution in [1.29, 1.82) is 0 Å². The Hall–Kier alpha value is -9.57. The molecule has 2 aliphatic heterocycles. The molecule has 1 aromatic carbocycles. The summed E-state index contributed by atoms with van der Waals surface area (Å²) >= 11 is 4.78. The third-order valence-electron chi connectivity index (χ3n) is 6.90. The molecule has 12 heterocycles. The van der Waals surface area contributed by atoms with E-state index in [1.165, 1.54) is 36.5 Å². The van der Waals surface area contributed by atoms with Crippen LogP contribution in [0.1, 0.15) is 19.3 Å². The summed E-state index contributed by atoms with van der Waals surface area (Å²) in [6.45, 7) is 0.983. The lowest BCUT2D eigenvalue weighted by atomic mass is 10.3. The minimum absolute atomic E-state index is 0.0532. The molecule has 76 heavy (non-hydrogen) atoms. The molecule has 0 unspecified atom stereocenters. The number of allylic oxidation sites excluding steroid dienone is 6. The highest BCUT2D eigenvalue weighted by molar-refractivity contribution is 7.07. The number of benzene rings is 1. The molecule has 11 aromatic rings. The lowest BCUT2D eigenvalue weighted by Gasteiger charge is -1.94. The zero-order chi connectivity index (χ0) is 53.9. The lowest BCUT2D eigenvalue weighted by molar-refractivity contribution is 0.420. The molecule has 0 saturated carbocycles. The van der Waals surface area contributed by atoms with Gasteiger partial charge in [0.2, 0.25) is 5.56 Å². The van der Waals surface area contributed by atoms with E-state index in [4.69, 9.17) is 0 Å². The number of hydrogen-bond donors (Lipinski definition) is 4. The van der Waals surface area contributed by atoms with Crippen LogP contribution in [0.5, 0.6) is 0 Å². The SMILES string of the molecule is C1=CCC=C1.C1=CCNC=C1.C1=NN=CCC1.O=c1cccc[nH]1.c1ccccc1.c1ccncc1.c1ccoc1.c1ccsc1.c1cn[nH]c1.c1cn[nH]n1.c1cnoc1.c1cnsc1.c1cocn1.c1cscn1. The molecule has 0 radical (unpaired) electrons. The first-order chi connectivity index (χ1) is 37.9. The zero-order valence-electron chi connectivity index (χ0n) is 41.5. The topological polar surface area (TPSA) is 244 Å². The summed E-state index contributed by atoms with van der Waals surface area (Å²) in [6.07, 6.45) is 49.3. The standard InChI is InChI=1S/C6H6.C5H5NO.C5H7N.C5H5N.C5H6.C4H6N2.C4H4O.C4H4S.C3H4N2.2C3H3NO.2C3H3NS.C2H3N3/c1-2-4-6-5-3-1;7-5-3-1-2-4-6-5;2*1-2-4-6-5-3-1;1-2-4-5-3-1;1-2-4-6-5-3-1;3*1-2-4-5-3-1;1-2-5-3-4-1;1-2-4-5-3-1;1-2-5-3-4-1;2*1-2-4-5-3-1/h1-6H;1-4H,(H,6,7);1-4,6H,5H2;1-5H;1-4H,5H2;3-4H,1-2H2;2*1-4H;1-3H,(H,4,5);4*1-3H;1-2H,(H,3,4,5). The van der Waals surface area contributed by atoms with E-state index in [0.29, 0.717) is 0 Å². The van der Waals surface area contributed by atoms with Gasteiger partial charge in [-0.25, -0.2) is 9.36 Å². The Labute approximate surface area is 455 Å². The number of pyridine rings is 2. The summed E-state index contributed by atoms with van der Waals surface area (Å²) in [4.78, 5) is 23.8. The van der Waals surface area contributed by atoms with Gasteiger partial charge in [-0.15, -0.1) is 11.3 Å². The third-order valence-corrected chi connectivity index (χ3v) is 8.57. The maximum atomic E-state index is 10.2. The highest BCUT2D eigenvalue weighted by Crippen LogP contribution is 1.93. The Balaban J connectivity index is 0.000000410. The Bertz CT molecular complexity index is 2140. The van der Waals surface area contributed by atoms with Crippen LogP contribution in [0.15, 0.2) is 319 Å². The van der Waals surface area contributed by atoms with Crippen LogP contribution in [0.2, 0.25) is 0 Å². The molecule has 1 aliphatic carbocycles. The van der Waals surface area contributed by atoms with E-state index in [1.807, 2.05) is 143 Å². The fourth-order valence-electron chi connectivity index (χ4n) is 3.77. The van der Waals surface area contributed by atoms with Crippen LogP contribution in [0, 0.1) is 0 Å². The van der Waals surface area contributed by atoms with Crippen LogP contribution in [0.3, 0.4) is 0 Å². The maximum absolute atomic E-state index is 10.2. The normalized spacial score (nSPS) is 10.3. The highest BCUT2D eigenvalue weighted by atomic mass is 32.1. The number of thiophene rings is 1. The van der Waals surface area contributed by atoms with Crippen molar-refractivity contribution < 1.29 is 13.4 Å². The van der Waals surface area contributed by atoms with Crippen molar-refractivity contribution >= 4 is 46.6 Å². The number of H-pyrrole nitrogens is 3. The predicted molar refractivity (Wildman–Crippen MR) is 308 cm³/mol. The fourth-order valence-corrected chi connectivity index (χ4v) is 4.93. The second kappa shape index (κ2) is 59.7. The van der Waals surface area contributed by atoms with Crippen molar-refractivity contribution in [2.45, 2.75) is 19.3 Å². The molecule has 14 rings (SSSR count). The molecule has 0 saturated heterocycles. The number of nitrogens with one attached hydrogen (secondary N) is 4. The maximum Gasteiger partial charge on any atom is 0.247 e. The number of rotatable bonds is 0. The Morgan fingerprint density at radius 1 is 0.500 bits per heavy atom. The van der Waals surface area contributed by atoms with Gasteiger partial charge in [-0.1, -0.05) is 102 Å². The zero-order valence-corrected chi connectivity index (χ0v) is 44.0. The summed E-state index contributed by atoms with van der Waals surface area (Å²) < 4.78 is 17.2. The minimum Gasteiger partial charge on any atom is -0.473 e. The first-order valence-electron chi connectivity index (χ1n) is 22.8. The van der Waals surface area contributed by atoms with Crippen LogP contribution < -0.4 is 10.9 Å². The predicted octanol–water partition coefficient (Wildman–Crippen LogP) is 13.0. The van der Waals surface area contributed by atoms with Crippen LogP contribution in [0.25, 0.3) is 0 Å². The van der Waals surface area contributed by atoms with E-state index in [1.54, 1.807) is 127 Å². The first kappa shape index (κ1) is 64.4. The van der Waals surface area contributed by atoms with Crippen molar-refractivity contribution in [3.8, 4) is 0 Å². The van der Waals surface area contributed by atoms with Gasteiger partial charge in [0.15, 0.2) is 6.39 Å². The van der Waals surface area contributed by atoms with Gasteiger partial charge in [0.05, 0.1) is 42.8 Å². The van der Waals surface area contributed by atoms with Crippen molar-refractivity contribution in [3.05, 3.63) is 301 Å². The fraction of sp³-hybridized carbons (Fsp3) is 0.0727. The monoisotopic (exact) mass is 1080 g/mol. The van der Waals surface area contributed by atoms with Crippen molar-refractivity contribution in [1.82, 2.24) is 60.4 Å². The second-order valence-electron chi connectivity index (χ2n) is 12.6. The molecular weight excluding hydrogens is 1020 g/mol. The number of aromatic amines is 3. The van der Waals surface area contributed by atoms with Gasteiger partial charge < -0.3 is 23.7 Å². The largest absolute Gasteiger partial charge is 0.473 e. The molecule has 0 spiro atoms. The Kier molecular flexibility index (Phi) is 50.7. The van der Waals surface area contributed by atoms with E-state index in [2.05, 4.69) is 114 Å². The molecule has 21 heteroatoms. The van der Waals surface area contributed by atoms with Gasteiger partial charge in [0.1, 0.15) is 12.5 Å². The summed E-state index contributed by atoms with van der Waals surface area (Å²) in [7, 11) is 0. The number of nitrogens with zero attached hydrogens (tertiary/aromatic N) is 10. The average molecular weight is 1080 g/mol. The van der Waals surface area contributed by atoms with Gasteiger partial charge >= 0.3 is 0 Å². The van der Waals surface area contributed by atoms with Crippen LogP contribution >= 0.6 is 34.2 Å². The lowest BCUT2D eigenvalue weighted by Crippen LogP contribution is -2.05. The van der Waals surface area contributed by atoms with Gasteiger partial charge in [0.25, 0.3) is 0 Å². The number of hydrogen-bond acceptors (Lipinski definition) is 18. The van der Waals surface area contributed by atoms with Crippen LogP contribution in [-0.4, -0.2) is 74.0 Å². The molecular formula is C55H62N14O4S3. The van der Waals surface area contributed by atoms with Crippen molar-refractivity contribution in [2.75, 3.05) is 6.54 Å². The second-order valence-corrected chi connectivity index (χ2v) is 14.9. The number of furan rings is 1. The molecule has 10 aromatic heterocycles. The highest BCUT2D eigenvalue weighted by Gasteiger charge is 1.80. The summed E-state index contributed by atoms with van der Waals surface area (Å²) in [5, 5.41) is 37.1. The summed E-state index contributed by atoms with van der Waals surface area (Å²) in [5.74, 6) is 0.